The number of nitrogens with zero attached hydrogens (tertiary/aromatic N) is 1. The van der Waals surface area contributed by atoms with Gasteiger partial charge in [0.25, 0.3) is 0 Å². The van der Waals surface area contributed by atoms with Crippen LogP contribution in [0.3, 0.4) is 0 Å². The molecule has 4 aromatic rings. The van der Waals surface area contributed by atoms with Crippen molar-refractivity contribution in [1.29, 1.82) is 0 Å². The fourth-order valence-corrected chi connectivity index (χ4v) is 4.33. The Morgan fingerprint density at radius 1 is 0.786 bits per heavy atom. The third-order valence-corrected chi connectivity index (χ3v) is 5.68. The third kappa shape index (κ3) is 3.08. The summed E-state index contributed by atoms with van der Waals surface area (Å²) in [6.07, 6.45) is 0.624. The van der Waals surface area contributed by atoms with Crippen molar-refractivity contribution in [2.45, 2.75) is 25.1 Å². The van der Waals surface area contributed by atoms with Crippen molar-refractivity contribution in [3.63, 3.8) is 0 Å². The molecule has 1 heterocycles. The molecule has 5 rings (SSSR count). The van der Waals surface area contributed by atoms with Crippen LogP contribution in [0.2, 0.25) is 0 Å². The lowest BCUT2D eigenvalue weighted by molar-refractivity contribution is -0.178. The highest BCUT2D eigenvalue weighted by Gasteiger charge is 2.35. The van der Waals surface area contributed by atoms with Gasteiger partial charge >= 0.3 is 0 Å². The summed E-state index contributed by atoms with van der Waals surface area (Å²) in [6.45, 7) is 0.738. The molecular weight excluding hydrogens is 346 g/mol. The molecular formula is C25H23NO2. The van der Waals surface area contributed by atoms with Gasteiger partial charge in [0.2, 0.25) is 0 Å². The van der Waals surface area contributed by atoms with Crippen LogP contribution in [0.5, 0.6) is 0 Å². The van der Waals surface area contributed by atoms with Crippen molar-refractivity contribution >= 4 is 21.5 Å². The van der Waals surface area contributed by atoms with Gasteiger partial charge in [-0.15, -0.1) is 0 Å². The SMILES string of the molecule is OC[C@H]1CC(c2cccc3c2ccc2ccccc23)N(Cc2ccccc2)O1. The average Bonchev–Trinajstić information content (AvgIpc) is 3.16. The van der Waals surface area contributed by atoms with Gasteiger partial charge < -0.3 is 5.11 Å². The highest BCUT2D eigenvalue weighted by atomic mass is 16.7. The van der Waals surface area contributed by atoms with Gasteiger partial charge in [0.1, 0.15) is 6.10 Å². The number of fused-ring (bicyclic) bond motifs is 3. The van der Waals surface area contributed by atoms with Crippen molar-refractivity contribution in [1.82, 2.24) is 5.06 Å². The molecule has 2 atom stereocenters. The van der Waals surface area contributed by atoms with E-state index in [-0.39, 0.29) is 18.8 Å². The number of aliphatic hydroxyl groups is 1. The van der Waals surface area contributed by atoms with Gasteiger partial charge in [-0.05, 0) is 39.1 Å². The van der Waals surface area contributed by atoms with Gasteiger partial charge in [-0.3, -0.25) is 4.84 Å². The first-order valence-electron chi connectivity index (χ1n) is 9.82. The van der Waals surface area contributed by atoms with Crippen LogP contribution in [0.1, 0.15) is 23.6 Å². The molecule has 0 amide bonds. The highest BCUT2D eigenvalue weighted by Crippen LogP contribution is 2.39. The van der Waals surface area contributed by atoms with E-state index in [2.05, 4.69) is 66.7 Å². The van der Waals surface area contributed by atoms with E-state index in [1.54, 1.807) is 0 Å². The topological polar surface area (TPSA) is 32.7 Å². The van der Waals surface area contributed by atoms with Gasteiger partial charge in [0, 0.05) is 6.54 Å². The van der Waals surface area contributed by atoms with Crippen LogP contribution in [-0.2, 0) is 11.4 Å². The summed E-state index contributed by atoms with van der Waals surface area (Å²) in [4.78, 5) is 6.10. The molecule has 1 saturated heterocycles. The Morgan fingerprint density at radius 2 is 1.57 bits per heavy atom. The maximum absolute atomic E-state index is 9.72. The third-order valence-electron chi connectivity index (χ3n) is 5.68. The molecule has 1 aliphatic heterocycles. The molecule has 1 unspecified atom stereocenters. The quantitative estimate of drug-likeness (QED) is 0.500. The van der Waals surface area contributed by atoms with E-state index in [1.165, 1.54) is 32.7 Å². The summed E-state index contributed by atoms with van der Waals surface area (Å²) in [5.41, 5.74) is 2.46. The molecule has 3 nitrogen and oxygen atoms in total. The van der Waals surface area contributed by atoms with E-state index in [0.717, 1.165) is 6.42 Å². The minimum absolute atomic E-state index is 0.0372. The number of rotatable bonds is 4. The largest absolute Gasteiger partial charge is 0.394 e. The molecule has 0 saturated carbocycles. The van der Waals surface area contributed by atoms with E-state index in [0.29, 0.717) is 6.54 Å². The lowest BCUT2D eigenvalue weighted by Gasteiger charge is -2.24. The van der Waals surface area contributed by atoms with Crippen molar-refractivity contribution in [2.24, 2.45) is 0 Å². The summed E-state index contributed by atoms with van der Waals surface area (Å²) in [6, 6.07) is 29.9. The van der Waals surface area contributed by atoms with E-state index < -0.39 is 0 Å². The van der Waals surface area contributed by atoms with Crippen LogP contribution in [-0.4, -0.2) is 22.9 Å². The second kappa shape index (κ2) is 7.36. The minimum Gasteiger partial charge on any atom is -0.394 e. The van der Waals surface area contributed by atoms with Gasteiger partial charge in [-0.1, -0.05) is 84.9 Å². The number of benzene rings is 4. The van der Waals surface area contributed by atoms with Crippen LogP contribution in [0.15, 0.2) is 84.9 Å². The molecule has 140 valence electrons. The molecule has 4 aromatic carbocycles. The smallest absolute Gasteiger partial charge is 0.104 e. The zero-order valence-electron chi connectivity index (χ0n) is 15.7. The number of hydrogen-bond acceptors (Lipinski definition) is 3. The summed E-state index contributed by atoms with van der Waals surface area (Å²) in [7, 11) is 0. The number of hydrogen-bond donors (Lipinski definition) is 1. The zero-order valence-corrected chi connectivity index (χ0v) is 15.7. The Morgan fingerprint density at radius 3 is 2.43 bits per heavy atom. The summed E-state index contributed by atoms with van der Waals surface area (Å²) >= 11 is 0. The van der Waals surface area contributed by atoms with Crippen LogP contribution in [0.25, 0.3) is 21.5 Å². The lowest BCUT2D eigenvalue weighted by Crippen LogP contribution is -2.23. The lowest BCUT2D eigenvalue weighted by atomic mass is 9.93. The molecule has 1 N–H and O–H groups in total. The van der Waals surface area contributed by atoms with E-state index in [9.17, 15) is 5.11 Å². The first-order valence-corrected chi connectivity index (χ1v) is 9.82. The predicted molar refractivity (Wildman–Crippen MR) is 113 cm³/mol. The van der Waals surface area contributed by atoms with Crippen LogP contribution in [0, 0.1) is 0 Å². The van der Waals surface area contributed by atoms with Gasteiger partial charge in [-0.2, -0.15) is 5.06 Å². The van der Waals surface area contributed by atoms with Crippen molar-refractivity contribution in [3.8, 4) is 0 Å². The molecule has 28 heavy (non-hydrogen) atoms. The fraction of sp³-hybridized carbons (Fsp3) is 0.200. The molecule has 0 spiro atoms. The fourth-order valence-electron chi connectivity index (χ4n) is 4.33. The van der Waals surface area contributed by atoms with Crippen LogP contribution in [0.4, 0.5) is 0 Å². The Labute approximate surface area is 164 Å². The maximum atomic E-state index is 9.72. The Hall–Kier alpha value is -2.72. The van der Waals surface area contributed by atoms with E-state index >= 15 is 0 Å². The molecule has 0 aliphatic carbocycles. The normalized spacial score (nSPS) is 20.2. The Bertz CT molecular complexity index is 1110. The minimum atomic E-state index is -0.163. The molecule has 0 radical (unpaired) electrons. The Balaban J connectivity index is 1.59. The summed E-state index contributed by atoms with van der Waals surface area (Å²) < 4.78 is 0. The van der Waals surface area contributed by atoms with Crippen molar-refractivity contribution in [3.05, 3.63) is 96.1 Å². The summed E-state index contributed by atoms with van der Waals surface area (Å²) in [5, 5.41) is 16.8. The van der Waals surface area contributed by atoms with Crippen molar-refractivity contribution in [2.75, 3.05) is 6.61 Å². The van der Waals surface area contributed by atoms with E-state index in [1.807, 2.05) is 23.3 Å². The first kappa shape index (κ1) is 17.4. The van der Waals surface area contributed by atoms with Gasteiger partial charge in [0.15, 0.2) is 0 Å². The van der Waals surface area contributed by atoms with Crippen LogP contribution >= 0.6 is 0 Å². The first-order chi connectivity index (χ1) is 13.8. The maximum Gasteiger partial charge on any atom is 0.104 e. The molecule has 1 aliphatic rings. The zero-order chi connectivity index (χ0) is 18.9. The van der Waals surface area contributed by atoms with Gasteiger partial charge in [0.05, 0.1) is 12.6 Å². The Kier molecular flexibility index (Phi) is 4.57. The highest BCUT2D eigenvalue weighted by molar-refractivity contribution is 6.08. The van der Waals surface area contributed by atoms with Gasteiger partial charge in [-0.25, -0.2) is 0 Å². The average molecular weight is 369 g/mol. The van der Waals surface area contributed by atoms with Crippen molar-refractivity contribution < 1.29 is 9.94 Å². The van der Waals surface area contributed by atoms with Crippen LogP contribution < -0.4 is 0 Å². The molecule has 0 bridgehead atoms. The van der Waals surface area contributed by atoms with E-state index in [4.69, 9.17) is 4.84 Å². The number of aliphatic hydroxyl groups excluding tert-OH is 1. The second-order valence-corrected chi connectivity index (χ2v) is 7.45. The molecule has 0 aromatic heterocycles. The standard InChI is InChI=1S/C25H23NO2/c27-17-20-15-25(26(28-20)16-18-7-2-1-3-8-18)24-12-6-11-22-21-10-5-4-9-19(21)13-14-23(22)24/h1-14,20,25,27H,15-17H2/t20-,25?/m1/s1. The second-order valence-electron chi connectivity index (χ2n) is 7.45. The molecule has 1 fully saturated rings. The predicted octanol–water partition coefficient (Wildman–Crippen LogP) is 5.23. The monoisotopic (exact) mass is 369 g/mol. The number of hydroxylamine groups is 2. The molecule has 3 heteroatoms. The summed E-state index contributed by atoms with van der Waals surface area (Å²) in [5.74, 6) is 0.